The third-order valence-electron chi connectivity index (χ3n) is 4.38. The molecule has 0 saturated carbocycles. The maximum atomic E-state index is 12.9. The second kappa shape index (κ2) is 7.79. The van der Waals surface area contributed by atoms with Crippen molar-refractivity contribution in [1.29, 1.82) is 0 Å². The van der Waals surface area contributed by atoms with Gasteiger partial charge in [0.15, 0.2) is 0 Å². The third-order valence-corrected chi connectivity index (χ3v) is 6.27. The molecule has 1 aliphatic heterocycles. The lowest BCUT2D eigenvalue weighted by Gasteiger charge is -2.31. The topological polar surface area (TPSA) is 97.2 Å². The Kier molecular flexibility index (Phi) is 5.48. The highest BCUT2D eigenvalue weighted by molar-refractivity contribution is 7.89. The molecule has 1 aromatic carbocycles. The molecular formula is C17H21N5O3S. The molecule has 0 unspecified atom stereocenters. The molecule has 26 heavy (non-hydrogen) atoms. The molecule has 0 aliphatic carbocycles. The van der Waals surface area contributed by atoms with Gasteiger partial charge in [-0.05, 0) is 31.0 Å². The molecule has 2 heterocycles. The molecule has 1 aliphatic rings. The van der Waals surface area contributed by atoms with Gasteiger partial charge >= 0.3 is 0 Å². The third kappa shape index (κ3) is 3.83. The average Bonchev–Trinajstić information content (AvgIpc) is 3.21. The quantitative estimate of drug-likeness (QED) is 0.766. The van der Waals surface area contributed by atoms with Crippen LogP contribution in [0.15, 0.2) is 54.5 Å². The molecule has 0 atom stereocenters. The van der Waals surface area contributed by atoms with Crippen molar-refractivity contribution in [3.05, 3.63) is 55.1 Å². The summed E-state index contributed by atoms with van der Waals surface area (Å²) in [5, 5.41) is 6.77. The normalized spacial score (nSPS) is 16.3. The molecular weight excluding hydrogens is 354 g/mol. The number of nitrogens with zero attached hydrogens (tertiary/aromatic N) is 4. The maximum Gasteiger partial charge on any atom is 0.251 e. The van der Waals surface area contributed by atoms with Gasteiger partial charge in [-0.1, -0.05) is 12.1 Å². The number of rotatable bonds is 6. The SMILES string of the molecule is C=CCNC(=O)c1cccc(S(=O)(=O)N2CCC(n3cncn3)CC2)c1. The van der Waals surface area contributed by atoms with Crippen molar-refractivity contribution in [2.45, 2.75) is 23.8 Å². The maximum absolute atomic E-state index is 12.9. The number of benzene rings is 1. The second-order valence-electron chi connectivity index (χ2n) is 6.04. The van der Waals surface area contributed by atoms with Gasteiger partial charge in [0.1, 0.15) is 12.7 Å². The Balaban J connectivity index is 1.72. The zero-order valence-corrected chi connectivity index (χ0v) is 15.1. The Morgan fingerprint density at radius 1 is 1.35 bits per heavy atom. The van der Waals surface area contributed by atoms with Crippen molar-refractivity contribution in [3.8, 4) is 0 Å². The summed E-state index contributed by atoms with van der Waals surface area (Å²) in [5.74, 6) is -0.327. The van der Waals surface area contributed by atoms with Gasteiger partial charge in [0, 0.05) is 25.2 Å². The van der Waals surface area contributed by atoms with Crippen LogP contribution in [-0.2, 0) is 10.0 Å². The molecule has 1 saturated heterocycles. The first-order chi connectivity index (χ1) is 12.5. The molecule has 9 heteroatoms. The van der Waals surface area contributed by atoms with Crippen molar-refractivity contribution in [1.82, 2.24) is 24.4 Å². The Hall–Kier alpha value is -2.52. The van der Waals surface area contributed by atoms with Crippen LogP contribution in [-0.4, -0.2) is 53.0 Å². The first kappa shape index (κ1) is 18.3. The lowest BCUT2D eigenvalue weighted by molar-refractivity contribution is 0.0958. The molecule has 3 rings (SSSR count). The number of carbonyl (C=O) groups is 1. The minimum Gasteiger partial charge on any atom is -0.349 e. The summed E-state index contributed by atoms with van der Waals surface area (Å²) >= 11 is 0. The van der Waals surface area contributed by atoms with E-state index in [4.69, 9.17) is 0 Å². The van der Waals surface area contributed by atoms with Crippen molar-refractivity contribution >= 4 is 15.9 Å². The molecule has 1 amide bonds. The van der Waals surface area contributed by atoms with Gasteiger partial charge in [-0.3, -0.25) is 4.79 Å². The van der Waals surface area contributed by atoms with Gasteiger partial charge in [-0.2, -0.15) is 9.40 Å². The summed E-state index contributed by atoms with van der Waals surface area (Å²) in [6.45, 7) is 4.67. The highest BCUT2D eigenvalue weighted by atomic mass is 32.2. The van der Waals surface area contributed by atoms with E-state index in [1.807, 2.05) is 0 Å². The Morgan fingerprint density at radius 3 is 2.77 bits per heavy atom. The van der Waals surface area contributed by atoms with E-state index in [2.05, 4.69) is 22.0 Å². The predicted molar refractivity (Wildman–Crippen MR) is 96.0 cm³/mol. The van der Waals surface area contributed by atoms with Gasteiger partial charge in [0.25, 0.3) is 5.91 Å². The minimum absolute atomic E-state index is 0.128. The van der Waals surface area contributed by atoms with Crippen LogP contribution < -0.4 is 5.32 Å². The van der Waals surface area contributed by atoms with Gasteiger partial charge in [0.2, 0.25) is 10.0 Å². The Morgan fingerprint density at radius 2 is 2.12 bits per heavy atom. The Bertz CT molecular complexity index is 872. The molecule has 1 N–H and O–H groups in total. The van der Waals surface area contributed by atoms with Gasteiger partial charge in [-0.15, -0.1) is 6.58 Å². The van der Waals surface area contributed by atoms with Crippen LogP contribution in [0.1, 0.15) is 29.2 Å². The summed E-state index contributed by atoms with van der Waals surface area (Å²) in [4.78, 5) is 16.1. The molecule has 1 aromatic heterocycles. The predicted octanol–water partition coefficient (Wildman–Crippen LogP) is 1.22. The summed E-state index contributed by atoms with van der Waals surface area (Å²) in [6.07, 6.45) is 6.04. The first-order valence-corrected chi connectivity index (χ1v) is 9.80. The summed E-state index contributed by atoms with van der Waals surface area (Å²) in [7, 11) is -3.64. The molecule has 2 aromatic rings. The van der Waals surface area contributed by atoms with Gasteiger partial charge in [-0.25, -0.2) is 18.1 Å². The van der Waals surface area contributed by atoms with Crippen LogP contribution >= 0.6 is 0 Å². The average molecular weight is 375 g/mol. The van der Waals surface area contributed by atoms with Crippen LogP contribution in [0.4, 0.5) is 0 Å². The first-order valence-electron chi connectivity index (χ1n) is 8.36. The van der Waals surface area contributed by atoms with E-state index >= 15 is 0 Å². The molecule has 138 valence electrons. The number of amides is 1. The zero-order chi connectivity index (χ0) is 18.6. The van der Waals surface area contributed by atoms with Gasteiger partial charge in [0.05, 0.1) is 10.9 Å². The zero-order valence-electron chi connectivity index (χ0n) is 14.3. The van der Waals surface area contributed by atoms with E-state index in [9.17, 15) is 13.2 Å². The van der Waals surface area contributed by atoms with Crippen LogP contribution in [0.5, 0.6) is 0 Å². The van der Waals surface area contributed by atoms with Crippen molar-refractivity contribution in [2.75, 3.05) is 19.6 Å². The van der Waals surface area contributed by atoms with Crippen LogP contribution in [0, 0.1) is 0 Å². The molecule has 0 radical (unpaired) electrons. The van der Waals surface area contributed by atoms with E-state index in [1.165, 1.54) is 22.8 Å². The highest BCUT2D eigenvalue weighted by Crippen LogP contribution is 2.26. The fraction of sp³-hybridized carbons (Fsp3) is 0.353. The number of carbonyl (C=O) groups excluding carboxylic acids is 1. The van der Waals surface area contributed by atoms with E-state index in [0.29, 0.717) is 38.0 Å². The largest absolute Gasteiger partial charge is 0.349 e. The van der Waals surface area contributed by atoms with E-state index in [0.717, 1.165) is 0 Å². The number of sulfonamides is 1. The van der Waals surface area contributed by atoms with Crippen LogP contribution in [0.3, 0.4) is 0 Å². The lowest BCUT2D eigenvalue weighted by Crippen LogP contribution is -2.39. The smallest absolute Gasteiger partial charge is 0.251 e. The molecule has 8 nitrogen and oxygen atoms in total. The van der Waals surface area contributed by atoms with Crippen molar-refractivity contribution in [3.63, 3.8) is 0 Å². The summed E-state index contributed by atoms with van der Waals surface area (Å²) < 4.78 is 29.1. The monoisotopic (exact) mass is 375 g/mol. The molecule has 0 spiro atoms. The van der Waals surface area contributed by atoms with Crippen molar-refractivity contribution in [2.24, 2.45) is 0 Å². The highest BCUT2D eigenvalue weighted by Gasteiger charge is 2.30. The summed E-state index contributed by atoms with van der Waals surface area (Å²) in [5.41, 5.74) is 0.311. The van der Waals surface area contributed by atoms with Crippen LogP contribution in [0.2, 0.25) is 0 Å². The molecule has 1 fully saturated rings. The van der Waals surface area contributed by atoms with Crippen molar-refractivity contribution < 1.29 is 13.2 Å². The van der Waals surface area contributed by atoms with E-state index < -0.39 is 10.0 Å². The standard InChI is InChI=1S/C17H21N5O3S/c1-2-8-19-17(23)14-4-3-5-16(11-14)26(24,25)21-9-6-15(7-10-21)22-13-18-12-20-22/h2-5,11-13,15H,1,6-10H2,(H,19,23). The lowest BCUT2D eigenvalue weighted by atomic mass is 10.1. The number of hydrogen-bond acceptors (Lipinski definition) is 5. The summed E-state index contributed by atoms with van der Waals surface area (Å²) in [6, 6.07) is 6.26. The van der Waals surface area contributed by atoms with Gasteiger partial charge < -0.3 is 5.32 Å². The number of hydrogen-bond donors (Lipinski definition) is 1. The second-order valence-corrected chi connectivity index (χ2v) is 7.98. The fourth-order valence-corrected chi connectivity index (χ4v) is 4.48. The number of aromatic nitrogens is 3. The van der Waals surface area contributed by atoms with Crippen LogP contribution in [0.25, 0.3) is 0 Å². The molecule has 0 bridgehead atoms. The minimum atomic E-state index is -3.64. The Labute approximate surface area is 152 Å². The number of piperidine rings is 1. The number of nitrogens with one attached hydrogen (secondary N) is 1. The fourth-order valence-electron chi connectivity index (χ4n) is 2.97. The van der Waals surface area contributed by atoms with E-state index in [1.54, 1.807) is 29.2 Å². The van der Waals surface area contributed by atoms with E-state index in [-0.39, 0.29) is 16.8 Å².